The second-order valence-electron chi connectivity index (χ2n) is 6.81. The Balaban J connectivity index is 2.08. The molecule has 126 valence electrons. The maximum atomic E-state index is 11.7. The molecule has 1 aliphatic carbocycles. The number of carbonyl (C=O) groups is 2. The Bertz CT molecular complexity index is 584. The lowest BCUT2D eigenvalue weighted by Gasteiger charge is -2.23. The molecule has 0 spiro atoms. The Morgan fingerprint density at radius 3 is 2.17 bits per heavy atom. The van der Waals surface area contributed by atoms with E-state index in [0.29, 0.717) is 5.69 Å². The minimum atomic E-state index is -0.957. The number of amides is 1. The molecule has 1 unspecified atom stereocenters. The van der Waals surface area contributed by atoms with Crippen molar-refractivity contribution in [3.63, 3.8) is 0 Å². The minimum Gasteiger partial charge on any atom is -0.479 e. The second kappa shape index (κ2) is 6.20. The maximum Gasteiger partial charge on any atom is 0.412 e. The molecule has 1 fully saturated rings. The predicted octanol–water partition coefficient (Wildman–Crippen LogP) is 3.16. The van der Waals surface area contributed by atoms with Crippen LogP contribution in [0.2, 0.25) is 0 Å². The van der Waals surface area contributed by atoms with Crippen molar-refractivity contribution >= 4 is 17.7 Å². The fourth-order valence-corrected chi connectivity index (χ4v) is 2.71. The molecule has 6 nitrogen and oxygen atoms in total. The molecule has 0 radical (unpaired) electrons. The highest BCUT2D eigenvalue weighted by Gasteiger charge is 2.54. The zero-order valence-electron chi connectivity index (χ0n) is 13.9. The number of hydrogen-bond acceptors (Lipinski definition) is 4. The van der Waals surface area contributed by atoms with E-state index in [1.807, 2.05) is 12.1 Å². The van der Waals surface area contributed by atoms with Gasteiger partial charge in [-0.3, -0.25) is 5.32 Å². The average molecular weight is 321 g/mol. The summed E-state index contributed by atoms with van der Waals surface area (Å²) >= 11 is 0. The van der Waals surface area contributed by atoms with E-state index in [9.17, 15) is 14.7 Å². The zero-order valence-corrected chi connectivity index (χ0v) is 13.9. The molecule has 1 saturated carbocycles. The molecular weight excluding hydrogens is 298 g/mol. The minimum absolute atomic E-state index is 0.467. The molecule has 0 aliphatic heterocycles. The summed E-state index contributed by atoms with van der Waals surface area (Å²) in [6.07, 6.45) is 0.173. The van der Waals surface area contributed by atoms with Crippen LogP contribution in [0.5, 0.6) is 0 Å². The van der Waals surface area contributed by atoms with Crippen molar-refractivity contribution in [2.75, 3.05) is 12.4 Å². The Labute approximate surface area is 135 Å². The number of carbonyl (C=O) groups excluding carboxylic acids is 1. The molecule has 0 saturated heterocycles. The van der Waals surface area contributed by atoms with Crippen molar-refractivity contribution in [1.29, 1.82) is 0 Å². The van der Waals surface area contributed by atoms with E-state index in [4.69, 9.17) is 9.47 Å². The highest BCUT2D eigenvalue weighted by molar-refractivity contribution is 5.85. The molecule has 0 heterocycles. The Morgan fingerprint density at radius 1 is 1.22 bits per heavy atom. The molecule has 1 aromatic carbocycles. The lowest BCUT2D eigenvalue weighted by Crippen LogP contribution is -2.35. The van der Waals surface area contributed by atoms with E-state index >= 15 is 0 Å². The summed E-state index contributed by atoms with van der Waals surface area (Å²) in [7, 11) is 1.41. The first-order chi connectivity index (χ1) is 10.7. The van der Waals surface area contributed by atoms with Crippen molar-refractivity contribution in [3.8, 4) is 0 Å². The number of benzene rings is 1. The standard InChI is InChI=1S/C17H23NO5/c1-16(2,3)23-15(21)18-12-7-5-11(6-8-12)17(9-10-17)13(22-4)14(19)20/h5-8,13H,9-10H2,1-4H3,(H,18,21)(H,19,20). The topological polar surface area (TPSA) is 84.9 Å². The molecule has 1 atom stereocenters. The Hall–Kier alpha value is -2.08. The van der Waals surface area contributed by atoms with Crippen molar-refractivity contribution in [3.05, 3.63) is 29.8 Å². The monoisotopic (exact) mass is 321 g/mol. The van der Waals surface area contributed by atoms with E-state index in [0.717, 1.165) is 18.4 Å². The van der Waals surface area contributed by atoms with Crippen LogP contribution in [0.4, 0.5) is 10.5 Å². The highest BCUT2D eigenvalue weighted by atomic mass is 16.6. The number of carboxylic acids is 1. The van der Waals surface area contributed by atoms with Gasteiger partial charge in [0.2, 0.25) is 0 Å². The summed E-state index contributed by atoms with van der Waals surface area (Å²) in [6.45, 7) is 5.38. The van der Waals surface area contributed by atoms with Gasteiger partial charge in [-0.2, -0.15) is 0 Å². The molecule has 0 aromatic heterocycles. The lowest BCUT2D eigenvalue weighted by atomic mass is 9.89. The van der Waals surface area contributed by atoms with E-state index in [2.05, 4.69) is 5.32 Å². The number of ether oxygens (including phenoxy) is 2. The van der Waals surface area contributed by atoms with E-state index in [1.165, 1.54) is 7.11 Å². The largest absolute Gasteiger partial charge is 0.479 e. The molecule has 23 heavy (non-hydrogen) atoms. The SMILES string of the molecule is COC(C(=O)O)C1(c2ccc(NC(=O)OC(C)(C)C)cc2)CC1. The number of aliphatic carboxylic acids is 1. The molecule has 2 N–H and O–H groups in total. The Morgan fingerprint density at radius 2 is 1.78 bits per heavy atom. The number of nitrogens with one attached hydrogen (secondary N) is 1. The van der Waals surface area contributed by atoms with Crippen LogP contribution in [0, 0.1) is 0 Å². The number of hydrogen-bond donors (Lipinski definition) is 2. The van der Waals surface area contributed by atoms with Crippen molar-refractivity contribution in [2.45, 2.75) is 50.7 Å². The maximum absolute atomic E-state index is 11.7. The summed E-state index contributed by atoms with van der Waals surface area (Å²) in [5.41, 5.74) is 0.477. The molecule has 0 bridgehead atoms. The van der Waals surface area contributed by atoms with Gasteiger partial charge in [0.05, 0.1) is 0 Å². The van der Waals surface area contributed by atoms with Gasteiger partial charge < -0.3 is 14.6 Å². The van der Waals surface area contributed by atoms with E-state index in [-0.39, 0.29) is 0 Å². The fourth-order valence-electron chi connectivity index (χ4n) is 2.71. The van der Waals surface area contributed by atoms with Gasteiger partial charge in [-0.05, 0) is 51.3 Å². The van der Waals surface area contributed by atoms with Gasteiger partial charge in [-0.1, -0.05) is 12.1 Å². The summed E-state index contributed by atoms with van der Waals surface area (Å²) < 4.78 is 10.3. The van der Waals surface area contributed by atoms with Crippen LogP contribution < -0.4 is 5.32 Å². The van der Waals surface area contributed by atoms with Crippen LogP contribution in [-0.4, -0.2) is 36.0 Å². The molecule has 1 aromatic rings. The summed E-state index contributed by atoms with van der Waals surface area (Å²) in [6, 6.07) is 7.14. The third-order valence-electron chi connectivity index (χ3n) is 3.86. The van der Waals surface area contributed by atoms with E-state index in [1.54, 1.807) is 32.9 Å². The first-order valence-corrected chi connectivity index (χ1v) is 7.54. The van der Waals surface area contributed by atoms with Crippen LogP contribution in [0.25, 0.3) is 0 Å². The average Bonchev–Trinajstić information content (AvgIpc) is 3.19. The second-order valence-corrected chi connectivity index (χ2v) is 6.81. The predicted molar refractivity (Wildman–Crippen MR) is 85.6 cm³/mol. The number of carboxylic acid groups (broad SMARTS) is 1. The zero-order chi connectivity index (χ0) is 17.3. The van der Waals surface area contributed by atoms with Gasteiger partial charge >= 0.3 is 12.1 Å². The molecule has 6 heteroatoms. The quantitative estimate of drug-likeness (QED) is 0.870. The summed E-state index contributed by atoms with van der Waals surface area (Å²) in [5, 5.41) is 11.9. The van der Waals surface area contributed by atoms with Crippen molar-refractivity contribution in [1.82, 2.24) is 0 Å². The normalized spacial score (nSPS) is 17.2. The number of methoxy groups -OCH3 is 1. The van der Waals surface area contributed by atoms with Crippen LogP contribution in [0.3, 0.4) is 0 Å². The van der Waals surface area contributed by atoms with Crippen molar-refractivity contribution < 1.29 is 24.2 Å². The van der Waals surface area contributed by atoms with Gasteiger partial charge in [0, 0.05) is 18.2 Å². The first-order valence-electron chi connectivity index (χ1n) is 7.54. The third-order valence-corrected chi connectivity index (χ3v) is 3.86. The highest BCUT2D eigenvalue weighted by Crippen LogP contribution is 2.52. The van der Waals surface area contributed by atoms with Crippen LogP contribution in [-0.2, 0) is 19.7 Å². The third kappa shape index (κ3) is 4.01. The molecule has 1 aliphatic rings. The number of anilines is 1. The summed E-state index contributed by atoms with van der Waals surface area (Å²) in [5.74, 6) is -0.957. The van der Waals surface area contributed by atoms with Crippen LogP contribution in [0.1, 0.15) is 39.2 Å². The fraction of sp³-hybridized carbons (Fsp3) is 0.529. The lowest BCUT2D eigenvalue weighted by molar-refractivity contribution is -0.150. The molecular formula is C17H23NO5. The van der Waals surface area contributed by atoms with Crippen LogP contribution >= 0.6 is 0 Å². The first kappa shape index (κ1) is 17.3. The number of rotatable bonds is 5. The van der Waals surface area contributed by atoms with E-state index < -0.39 is 29.2 Å². The van der Waals surface area contributed by atoms with Gasteiger partial charge in [-0.25, -0.2) is 9.59 Å². The van der Waals surface area contributed by atoms with Gasteiger partial charge in [0.25, 0.3) is 0 Å². The van der Waals surface area contributed by atoms with Crippen LogP contribution in [0.15, 0.2) is 24.3 Å². The molecule has 1 amide bonds. The smallest absolute Gasteiger partial charge is 0.412 e. The summed E-state index contributed by atoms with van der Waals surface area (Å²) in [4.78, 5) is 23.1. The molecule has 2 rings (SSSR count). The Kier molecular flexibility index (Phi) is 4.66. The van der Waals surface area contributed by atoms with Crippen molar-refractivity contribution in [2.24, 2.45) is 0 Å². The van der Waals surface area contributed by atoms with Gasteiger partial charge in [0.15, 0.2) is 6.10 Å². The van der Waals surface area contributed by atoms with Gasteiger partial charge in [-0.15, -0.1) is 0 Å². The van der Waals surface area contributed by atoms with Gasteiger partial charge in [0.1, 0.15) is 5.60 Å².